The fourth-order valence-corrected chi connectivity index (χ4v) is 2.28. The second kappa shape index (κ2) is 4.56. The van der Waals surface area contributed by atoms with Gasteiger partial charge in [0.1, 0.15) is 0 Å². The first-order valence-corrected chi connectivity index (χ1v) is 5.80. The van der Waals surface area contributed by atoms with Crippen molar-refractivity contribution in [2.24, 2.45) is 0 Å². The molecule has 0 heterocycles. The van der Waals surface area contributed by atoms with Gasteiger partial charge >= 0.3 is 0 Å². The molecule has 0 radical (unpaired) electrons. The van der Waals surface area contributed by atoms with Gasteiger partial charge in [-0.1, -0.05) is 25.0 Å². The number of benzene rings is 1. The Kier molecular flexibility index (Phi) is 3.14. The van der Waals surface area contributed by atoms with Gasteiger partial charge in [-0.25, -0.2) is 0 Å². The third kappa shape index (κ3) is 2.44. The van der Waals surface area contributed by atoms with E-state index >= 15 is 0 Å². The summed E-state index contributed by atoms with van der Waals surface area (Å²) >= 11 is 0. The lowest BCUT2D eigenvalue weighted by Crippen LogP contribution is -2.18. The lowest BCUT2D eigenvalue weighted by molar-refractivity contribution is 0.755. The monoisotopic (exact) mass is 204 g/mol. The smallest absolute Gasteiger partial charge is 0.0596 e. The highest BCUT2D eigenvalue weighted by Crippen LogP contribution is 2.28. The standard InChI is InChI=1S/C13H20N2/c1-15(2)13-10-6-5-9-12(13)14-11-7-3-4-8-11/h5-6,9-11,14H,3-4,7-8H2,1-2H3. The molecule has 1 N–H and O–H groups in total. The maximum absolute atomic E-state index is 3.65. The molecule has 1 fully saturated rings. The van der Waals surface area contributed by atoms with Crippen molar-refractivity contribution in [3.8, 4) is 0 Å². The molecule has 0 saturated heterocycles. The summed E-state index contributed by atoms with van der Waals surface area (Å²) in [6.45, 7) is 0. The van der Waals surface area contributed by atoms with Gasteiger partial charge in [0.25, 0.3) is 0 Å². The highest BCUT2D eigenvalue weighted by atomic mass is 15.1. The van der Waals surface area contributed by atoms with E-state index in [0.29, 0.717) is 6.04 Å². The number of anilines is 2. The van der Waals surface area contributed by atoms with Crippen LogP contribution < -0.4 is 10.2 Å². The molecule has 15 heavy (non-hydrogen) atoms. The van der Waals surface area contributed by atoms with Crippen molar-refractivity contribution in [3.63, 3.8) is 0 Å². The quantitative estimate of drug-likeness (QED) is 0.814. The van der Waals surface area contributed by atoms with E-state index in [1.165, 1.54) is 37.1 Å². The van der Waals surface area contributed by atoms with Crippen molar-refractivity contribution in [2.45, 2.75) is 31.7 Å². The van der Waals surface area contributed by atoms with Crippen molar-refractivity contribution in [1.29, 1.82) is 0 Å². The fraction of sp³-hybridized carbons (Fsp3) is 0.538. The third-order valence-electron chi connectivity index (χ3n) is 3.10. The zero-order chi connectivity index (χ0) is 10.7. The minimum absolute atomic E-state index is 0.686. The Hall–Kier alpha value is -1.18. The zero-order valence-electron chi connectivity index (χ0n) is 9.66. The molecule has 0 spiro atoms. The van der Waals surface area contributed by atoms with Crippen LogP contribution in [-0.4, -0.2) is 20.1 Å². The summed E-state index contributed by atoms with van der Waals surface area (Å²) in [7, 11) is 4.18. The van der Waals surface area contributed by atoms with Crippen LogP contribution in [0.1, 0.15) is 25.7 Å². The molecular formula is C13H20N2. The molecule has 2 rings (SSSR count). The van der Waals surface area contributed by atoms with E-state index in [9.17, 15) is 0 Å². The highest BCUT2D eigenvalue weighted by Gasteiger charge is 2.15. The lowest BCUT2D eigenvalue weighted by atomic mass is 10.2. The molecule has 82 valence electrons. The SMILES string of the molecule is CN(C)c1ccccc1NC1CCCC1. The third-order valence-corrected chi connectivity index (χ3v) is 3.10. The normalized spacial score (nSPS) is 16.7. The Morgan fingerprint density at radius 1 is 1.13 bits per heavy atom. The van der Waals surface area contributed by atoms with Gasteiger partial charge in [-0.05, 0) is 25.0 Å². The van der Waals surface area contributed by atoms with E-state index in [0.717, 1.165) is 0 Å². The van der Waals surface area contributed by atoms with Crippen LogP contribution in [0.15, 0.2) is 24.3 Å². The average Bonchev–Trinajstić information content (AvgIpc) is 2.71. The van der Waals surface area contributed by atoms with Crippen molar-refractivity contribution in [2.75, 3.05) is 24.3 Å². The van der Waals surface area contributed by atoms with Gasteiger partial charge in [0.15, 0.2) is 0 Å². The maximum Gasteiger partial charge on any atom is 0.0596 e. The minimum Gasteiger partial charge on any atom is -0.381 e. The Morgan fingerprint density at radius 3 is 2.47 bits per heavy atom. The van der Waals surface area contributed by atoms with Crippen LogP contribution in [0.5, 0.6) is 0 Å². The number of para-hydroxylation sites is 2. The Morgan fingerprint density at radius 2 is 1.80 bits per heavy atom. The molecule has 0 bridgehead atoms. The average molecular weight is 204 g/mol. The molecule has 0 atom stereocenters. The highest BCUT2D eigenvalue weighted by molar-refractivity contribution is 5.69. The number of nitrogens with zero attached hydrogens (tertiary/aromatic N) is 1. The van der Waals surface area contributed by atoms with Crippen LogP contribution >= 0.6 is 0 Å². The van der Waals surface area contributed by atoms with Gasteiger partial charge in [-0.15, -0.1) is 0 Å². The van der Waals surface area contributed by atoms with Crippen molar-refractivity contribution < 1.29 is 0 Å². The molecule has 0 amide bonds. The summed E-state index contributed by atoms with van der Waals surface area (Å²) in [6.07, 6.45) is 5.40. The molecule has 1 saturated carbocycles. The van der Waals surface area contributed by atoms with Crippen LogP contribution in [0, 0.1) is 0 Å². The molecule has 1 aliphatic rings. The summed E-state index contributed by atoms with van der Waals surface area (Å²) in [5.41, 5.74) is 2.55. The Labute approximate surface area is 92.3 Å². The number of rotatable bonds is 3. The molecule has 0 aliphatic heterocycles. The van der Waals surface area contributed by atoms with Gasteiger partial charge in [0.05, 0.1) is 11.4 Å². The van der Waals surface area contributed by atoms with Gasteiger partial charge in [0.2, 0.25) is 0 Å². The fourth-order valence-electron chi connectivity index (χ4n) is 2.28. The first-order chi connectivity index (χ1) is 7.27. The van der Waals surface area contributed by atoms with E-state index in [2.05, 4.69) is 48.6 Å². The summed E-state index contributed by atoms with van der Waals surface area (Å²) < 4.78 is 0. The molecule has 1 aromatic carbocycles. The molecule has 1 aliphatic carbocycles. The maximum atomic E-state index is 3.65. The molecule has 2 nitrogen and oxygen atoms in total. The predicted molar refractivity (Wildman–Crippen MR) is 66.6 cm³/mol. The second-order valence-corrected chi connectivity index (χ2v) is 4.54. The summed E-state index contributed by atoms with van der Waals surface area (Å²) in [5.74, 6) is 0. The van der Waals surface area contributed by atoms with Crippen LogP contribution in [0.25, 0.3) is 0 Å². The number of hydrogen-bond donors (Lipinski definition) is 1. The largest absolute Gasteiger partial charge is 0.381 e. The van der Waals surface area contributed by atoms with Gasteiger partial charge in [-0.2, -0.15) is 0 Å². The molecule has 0 aromatic heterocycles. The van der Waals surface area contributed by atoms with E-state index in [-0.39, 0.29) is 0 Å². The Balaban J connectivity index is 2.12. The molecule has 0 unspecified atom stereocenters. The van der Waals surface area contributed by atoms with Gasteiger partial charge in [0, 0.05) is 20.1 Å². The molecule has 2 heteroatoms. The van der Waals surface area contributed by atoms with Crippen molar-refractivity contribution in [1.82, 2.24) is 0 Å². The lowest BCUT2D eigenvalue weighted by Gasteiger charge is -2.21. The number of hydrogen-bond acceptors (Lipinski definition) is 2. The predicted octanol–water partition coefficient (Wildman–Crippen LogP) is 3.11. The topological polar surface area (TPSA) is 15.3 Å². The van der Waals surface area contributed by atoms with Crippen molar-refractivity contribution in [3.05, 3.63) is 24.3 Å². The molecular weight excluding hydrogens is 184 g/mol. The zero-order valence-corrected chi connectivity index (χ0v) is 9.66. The Bertz CT molecular complexity index is 314. The van der Waals surface area contributed by atoms with Crippen LogP contribution in [0.4, 0.5) is 11.4 Å². The molecule has 1 aromatic rings. The van der Waals surface area contributed by atoms with Crippen molar-refractivity contribution >= 4 is 11.4 Å². The number of nitrogens with one attached hydrogen (secondary N) is 1. The van der Waals surface area contributed by atoms with Gasteiger partial charge in [-0.3, -0.25) is 0 Å². The van der Waals surface area contributed by atoms with E-state index in [1.807, 2.05) is 0 Å². The second-order valence-electron chi connectivity index (χ2n) is 4.54. The van der Waals surface area contributed by atoms with Gasteiger partial charge < -0.3 is 10.2 Å². The van der Waals surface area contributed by atoms with E-state index in [4.69, 9.17) is 0 Å². The summed E-state index contributed by atoms with van der Waals surface area (Å²) in [4.78, 5) is 2.16. The van der Waals surface area contributed by atoms with Crippen LogP contribution in [-0.2, 0) is 0 Å². The minimum atomic E-state index is 0.686. The van der Waals surface area contributed by atoms with Crippen LogP contribution in [0.3, 0.4) is 0 Å². The van der Waals surface area contributed by atoms with E-state index < -0.39 is 0 Å². The summed E-state index contributed by atoms with van der Waals surface area (Å²) in [6, 6.07) is 9.22. The summed E-state index contributed by atoms with van der Waals surface area (Å²) in [5, 5.41) is 3.65. The van der Waals surface area contributed by atoms with Crippen LogP contribution in [0.2, 0.25) is 0 Å². The van der Waals surface area contributed by atoms with E-state index in [1.54, 1.807) is 0 Å². The first-order valence-electron chi connectivity index (χ1n) is 5.80. The first kappa shape index (κ1) is 10.3.